The van der Waals surface area contributed by atoms with E-state index in [2.05, 4.69) is 26.2 Å². The standard InChI is InChI=1S/C27H31Cl2N5O3/c1-33-7-9-34(10-8-33)6-4-5-11-37-26-14-22-19(12-25(26)36-3)27(18(16-30)17-31-22)32-23-15-24(35-2)21(29)13-20(23)28/h12-15,17H,4-11H2,1-3H3,(H,31,32)/i1D. The van der Waals surface area contributed by atoms with Crippen LogP contribution in [0.15, 0.2) is 30.5 Å². The molecule has 4 rings (SSSR count). The minimum Gasteiger partial charge on any atom is -0.495 e. The highest BCUT2D eigenvalue weighted by Gasteiger charge is 2.17. The molecule has 37 heavy (non-hydrogen) atoms. The van der Waals surface area contributed by atoms with Crippen LogP contribution >= 0.6 is 23.2 Å². The first-order valence-corrected chi connectivity index (χ1v) is 12.8. The van der Waals surface area contributed by atoms with Gasteiger partial charge < -0.3 is 29.3 Å². The summed E-state index contributed by atoms with van der Waals surface area (Å²) in [6, 6.07) is 9.09. The maximum atomic E-state index is 9.76. The molecule has 0 saturated carbocycles. The first kappa shape index (κ1) is 25.7. The van der Waals surface area contributed by atoms with Crippen molar-refractivity contribution in [1.29, 1.82) is 5.26 Å². The van der Waals surface area contributed by atoms with Crippen LogP contribution in [0.1, 0.15) is 19.8 Å². The van der Waals surface area contributed by atoms with Crippen LogP contribution in [0.5, 0.6) is 17.2 Å². The number of fused-ring (bicyclic) bond motifs is 1. The summed E-state index contributed by atoms with van der Waals surface area (Å²) in [4.78, 5) is 9.07. The molecule has 3 aromatic rings. The number of hydrogen-bond donors (Lipinski definition) is 1. The maximum Gasteiger partial charge on any atom is 0.163 e. The lowest BCUT2D eigenvalue weighted by Crippen LogP contribution is -2.44. The molecule has 0 bridgehead atoms. The van der Waals surface area contributed by atoms with Crippen molar-refractivity contribution >= 4 is 45.5 Å². The van der Waals surface area contributed by atoms with Crippen molar-refractivity contribution in [1.82, 2.24) is 14.8 Å². The summed E-state index contributed by atoms with van der Waals surface area (Å²) in [6.45, 7) is 5.52. The van der Waals surface area contributed by atoms with Crippen molar-refractivity contribution in [3.8, 4) is 23.3 Å². The quantitative estimate of drug-likeness (QED) is 0.331. The fourth-order valence-electron chi connectivity index (χ4n) is 4.24. The first-order valence-electron chi connectivity index (χ1n) is 12.8. The van der Waals surface area contributed by atoms with E-state index in [0.717, 1.165) is 45.6 Å². The molecule has 0 amide bonds. The number of rotatable bonds is 10. The lowest BCUT2D eigenvalue weighted by atomic mass is 10.1. The minimum atomic E-state index is 0.349. The van der Waals surface area contributed by atoms with Gasteiger partial charge in [0.15, 0.2) is 11.5 Å². The minimum absolute atomic E-state index is 0.349. The molecule has 1 saturated heterocycles. The van der Waals surface area contributed by atoms with E-state index in [1.165, 1.54) is 13.3 Å². The van der Waals surface area contributed by atoms with Crippen LogP contribution in [0.4, 0.5) is 11.4 Å². The Morgan fingerprint density at radius 1 is 1.03 bits per heavy atom. The zero-order chi connectivity index (χ0) is 27.1. The molecule has 0 radical (unpaired) electrons. The summed E-state index contributed by atoms with van der Waals surface area (Å²) in [5.74, 6) is 1.60. The molecule has 10 heteroatoms. The van der Waals surface area contributed by atoms with Crippen molar-refractivity contribution < 1.29 is 15.6 Å². The third-order valence-electron chi connectivity index (χ3n) is 6.37. The van der Waals surface area contributed by atoms with Gasteiger partial charge in [-0.2, -0.15) is 5.26 Å². The van der Waals surface area contributed by atoms with Crippen molar-refractivity contribution in [2.45, 2.75) is 12.8 Å². The van der Waals surface area contributed by atoms with Crippen LogP contribution in [0.25, 0.3) is 10.9 Å². The zero-order valence-corrected chi connectivity index (χ0v) is 22.5. The van der Waals surface area contributed by atoms with Crippen molar-refractivity contribution in [3.63, 3.8) is 0 Å². The Morgan fingerprint density at radius 2 is 1.81 bits per heavy atom. The summed E-state index contributed by atoms with van der Waals surface area (Å²) in [6.07, 6.45) is 3.45. The Labute approximate surface area is 229 Å². The number of methoxy groups -OCH3 is 2. The number of nitriles is 1. The Balaban J connectivity index is 1.48. The van der Waals surface area contributed by atoms with Gasteiger partial charge in [-0.3, -0.25) is 4.98 Å². The number of pyridine rings is 1. The van der Waals surface area contributed by atoms with Gasteiger partial charge in [0.2, 0.25) is 0 Å². The molecule has 8 nitrogen and oxygen atoms in total. The fourth-order valence-corrected chi connectivity index (χ4v) is 4.75. The normalized spacial score (nSPS) is 14.7. The van der Waals surface area contributed by atoms with Crippen LogP contribution in [0, 0.1) is 11.3 Å². The largest absolute Gasteiger partial charge is 0.495 e. The predicted octanol–water partition coefficient (Wildman–Crippen LogP) is 5.58. The summed E-state index contributed by atoms with van der Waals surface area (Å²) in [5, 5.41) is 14.5. The van der Waals surface area contributed by atoms with E-state index in [1.54, 1.807) is 19.2 Å². The van der Waals surface area contributed by atoms with Crippen LogP contribution < -0.4 is 19.5 Å². The number of likely N-dealkylation sites (N-methyl/N-ethyl adjacent to an activating group) is 1. The second kappa shape index (κ2) is 12.5. The van der Waals surface area contributed by atoms with Crippen LogP contribution in [0.2, 0.25) is 10.0 Å². The monoisotopic (exact) mass is 544 g/mol. The third-order valence-corrected chi connectivity index (χ3v) is 6.97. The molecule has 1 N–H and O–H groups in total. The van der Waals surface area contributed by atoms with E-state index < -0.39 is 0 Å². The van der Waals surface area contributed by atoms with Gasteiger partial charge >= 0.3 is 0 Å². The van der Waals surface area contributed by atoms with Crippen LogP contribution in [-0.2, 0) is 0 Å². The first-order chi connectivity index (χ1) is 18.5. The molecule has 0 aliphatic carbocycles. The van der Waals surface area contributed by atoms with Crippen molar-refractivity contribution in [2.24, 2.45) is 0 Å². The summed E-state index contributed by atoms with van der Waals surface area (Å²) < 4.78 is 24.5. The Kier molecular flexibility index (Phi) is 8.69. The second-order valence-corrected chi connectivity index (χ2v) is 9.60. The predicted molar refractivity (Wildman–Crippen MR) is 148 cm³/mol. The maximum absolute atomic E-state index is 9.76. The molecule has 2 heterocycles. The lowest BCUT2D eigenvalue weighted by Gasteiger charge is -2.32. The van der Waals surface area contributed by atoms with Crippen molar-refractivity contribution in [3.05, 3.63) is 46.1 Å². The van der Waals surface area contributed by atoms with Crippen molar-refractivity contribution in [2.75, 3.05) is 65.9 Å². The third kappa shape index (κ3) is 6.49. The smallest absolute Gasteiger partial charge is 0.163 e. The Hall–Kier alpha value is -2.96. The molecular weight excluding hydrogens is 513 g/mol. The number of unbranched alkanes of at least 4 members (excludes halogenated alkanes) is 1. The van der Waals surface area contributed by atoms with E-state index in [9.17, 15) is 5.26 Å². The van der Waals surface area contributed by atoms with Gasteiger partial charge in [0.25, 0.3) is 0 Å². The summed E-state index contributed by atoms with van der Waals surface area (Å²) in [7, 11) is 3.48. The van der Waals surface area contributed by atoms with E-state index >= 15 is 0 Å². The van der Waals surface area contributed by atoms with Gasteiger partial charge in [-0.25, -0.2) is 0 Å². The molecule has 1 aromatic heterocycles. The van der Waals surface area contributed by atoms with E-state index in [0.29, 0.717) is 68.8 Å². The topological polar surface area (TPSA) is 82.9 Å². The highest BCUT2D eigenvalue weighted by molar-refractivity contribution is 6.37. The van der Waals surface area contributed by atoms with Crippen LogP contribution in [-0.4, -0.2) is 75.4 Å². The molecule has 0 spiro atoms. The van der Waals surface area contributed by atoms with E-state index in [-0.39, 0.29) is 0 Å². The molecule has 1 aliphatic rings. The number of aromatic nitrogens is 1. The SMILES string of the molecule is [2H]CN1CCN(CCCCOc2cc3ncc(C#N)c(Nc4cc(OC)c(Cl)cc4Cl)c3cc2OC)CC1. The fraction of sp³-hybridized carbons (Fsp3) is 0.407. The summed E-state index contributed by atoms with van der Waals surface area (Å²) in [5.41, 5.74) is 2.07. The lowest BCUT2D eigenvalue weighted by molar-refractivity contribution is 0.149. The molecule has 0 unspecified atom stereocenters. The zero-order valence-electron chi connectivity index (χ0n) is 22.0. The highest BCUT2D eigenvalue weighted by Crippen LogP contribution is 2.40. The molecular formula is C27H31Cl2N5O3. The number of nitrogens with one attached hydrogen (secondary N) is 1. The summed E-state index contributed by atoms with van der Waals surface area (Å²) >= 11 is 12.6. The Bertz CT molecular complexity index is 1310. The van der Waals surface area contributed by atoms with Gasteiger partial charge in [-0.05, 0) is 38.5 Å². The molecule has 1 fully saturated rings. The highest BCUT2D eigenvalue weighted by atomic mass is 35.5. The second-order valence-electron chi connectivity index (χ2n) is 8.79. The van der Waals surface area contributed by atoms with E-state index in [1.807, 2.05) is 12.1 Å². The van der Waals surface area contributed by atoms with Gasteiger partial charge in [0.1, 0.15) is 11.8 Å². The number of nitrogens with zero attached hydrogens (tertiary/aromatic N) is 4. The average molecular weight is 545 g/mol. The average Bonchev–Trinajstić information content (AvgIpc) is 2.94. The number of hydrogen-bond acceptors (Lipinski definition) is 8. The number of piperazine rings is 1. The number of ether oxygens (including phenoxy) is 3. The van der Waals surface area contributed by atoms with Gasteiger partial charge in [0, 0.05) is 51.3 Å². The van der Waals surface area contributed by atoms with E-state index in [4.69, 9.17) is 38.8 Å². The van der Waals surface area contributed by atoms with Gasteiger partial charge in [0.05, 0.1) is 53.3 Å². The molecule has 2 aromatic carbocycles. The van der Waals surface area contributed by atoms with Gasteiger partial charge in [-0.15, -0.1) is 0 Å². The molecule has 1 aliphatic heterocycles. The van der Waals surface area contributed by atoms with Gasteiger partial charge in [-0.1, -0.05) is 23.2 Å². The van der Waals surface area contributed by atoms with Crippen LogP contribution in [0.3, 0.4) is 0 Å². The number of anilines is 2. The number of benzene rings is 2. The molecule has 196 valence electrons. The number of halogens is 2. The molecule has 0 atom stereocenters. The Morgan fingerprint density at radius 3 is 2.51 bits per heavy atom.